The molecule has 0 fully saturated rings. The van der Waals surface area contributed by atoms with Gasteiger partial charge in [-0.2, -0.15) is 0 Å². The van der Waals surface area contributed by atoms with Crippen molar-refractivity contribution in [3.8, 4) is 11.5 Å². The maximum atomic E-state index is 12.4. The highest BCUT2D eigenvalue weighted by Gasteiger charge is 2.23. The quantitative estimate of drug-likeness (QED) is 0.673. The monoisotopic (exact) mass is 446 g/mol. The zero-order valence-electron chi connectivity index (χ0n) is 15.5. The molecule has 0 atom stereocenters. The van der Waals surface area contributed by atoms with Crippen LogP contribution in [0.5, 0.6) is 11.5 Å². The normalized spacial score (nSPS) is 11.0. The zero-order valence-corrected chi connectivity index (χ0v) is 17.9. The Morgan fingerprint density at radius 2 is 1.79 bits per heavy atom. The van der Waals surface area contributed by atoms with Gasteiger partial charge >= 0.3 is 0 Å². The van der Waals surface area contributed by atoms with Crippen molar-refractivity contribution in [3.63, 3.8) is 0 Å². The van der Waals surface area contributed by atoms with Gasteiger partial charge in [-0.1, -0.05) is 35.3 Å². The number of amides is 1. The van der Waals surface area contributed by atoms with E-state index in [9.17, 15) is 13.2 Å². The number of hydrogen-bond donors (Lipinski definition) is 1. The Morgan fingerprint density at radius 1 is 1.11 bits per heavy atom. The summed E-state index contributed by atoms with van der Waals surface area (Å²) in [6.45, 7) is -0.258. The number of nitrogens with zero attached hydrogens (tertiary/aromatic N) is 1. The lowest BCUT2D eigenvalue weighted by molar-refractivity contribution is -0.119. The third-order valence-corrected chi connectivity index (χ3v) is 5.76. The van der Waals surface area contributed by atoms with Crippen molar-refractivity contribution in [2.24, 2.45) is 0 Å². The minimum Gasteiger partial charge on any atom is -0.493 e. The lowest BCUT2D eigenvalue weighted by Crippen LogP contribution is -2.40. The first-order valence-corrected chi connectivity index (χ1v) is 10.7. The predicted octanol–water partition coefficient (Wildman–Crippen LogP) is 3.09. The van der Waals surface area contributed by atoms with E-state index in [1.807, 2.05) is 0 Å². The number of anilines is 1. The summed E-state index contributed by atoms with van der Waals surface area (Å²) >= 11 is 12.1. The van der Waals surface area contributed by atoms with E-state index in [2.05, 4.69) is 5.32 Å². The fraction of sp³-hybridized carbons (Fsp3) is 0.278. The number of benzene rings is 2. The molecule has 10 heteroatoms. The van der Waals surface area contributed by atoms with Gasteiger partial charge in [0.05, 0.1) is 36.2 Å². The number of methoxy groups -OCH3 is 2. The van der Waals surface area contributed by atoms with Crippen molar-refractivity contribution in [2.75, 3.05) is 31.3 Å². The molecule has 0 bridgehead atoms. The summed E-state index contributed by atoms with van der Waals surface area (Å²) in [6.07, 6.45) is 0.992. The molecular weight excluding hydrogens is 427 g/mol. The van der Waals surface area contributed by atoms with Crippen LogP contribution < -0.4 is 19.1 Å². The minimum absolute atomic E-state index is 0.0577. The van der Waals surface area contributed by atoms with Gasteiger partial charge in [0, 0.05) is 6.54 Å². The molecule has 152 valence electrons. The molecule has 7 nitrogen and oxygen atoms in total. The molecule has 0 unspecified atom stereocenters. The molecule has 0 aliphatic rings. The lowest BCUT2D eigenvalue weighted by Gasteiger charge is -2.23. The highest BCUT2D eigenvalue weighted by Crippen LogP contribution is 2.33. The summed E-state index contributed by atoms with van der Waals surface area (Å²) in [5.74, 6) is 0.588. The summed E-state index contributed by atoms with van der Waals surface area (Å²) in [5, 5.41) is 2.93. The Balaban J connectivity index is 2.14. The van der Waals surface area contributed by atoms with Crippen LogP contribution in [0.4, 0.5) is 5.69 Å². The van der Waals surface area contributed by atoms with Gasteiger partial charge in [-0.25, -0.2) is 8.42 Å². The van der Waals surface area contributed by atoms with E-state index in [-0.39, 0.29) is 22.3 Å². The number of rotatable bonds is 8. The maximum absolute atomic E-state index is 12.4. The second-order valence-electron chi connectivity index (χ2n) is 5.81. The molecule has 0 heterocycles. The van der Waals surface area contributed by atoms with E-state index in [1.165, 1.54) is 26.4 Å². The zero-order chi connectivity index (χ0) is 20.9. The number of ether oxygens (including phenoxy) is 2. The molecular formula is C18H20Cl2N2O5S. The molecule has 0 saturated carbocycles. The number of sulfonamides is 1. The van der Waals surface area contributed by atoms with Crippen LogP contribution in [0.3, 0.4) is 0 Å². The van der Waals surface area contributed by atoms with Crippen LogP contribution in [0.15, 0.2) is 36.4 Å². The van der Waals surface area contributed by atoms with Gasteiger partial charge < -0.3 is 14.8 Å². The number of hydrogen-bond acceptors (Lipinski definition) is 5. The number of carbonyl (C=O) groups is 1. The van der Waals surface area contributed by atoms with Gasteiger partial charge in [-0.05, 0) is 29.8 Å². The van der Waals surface area contributed by atoms with E-state index in [0.717, 1.165) is 16.1 Å². The van der Waals surface area contributed by atoms with Crippen LogP contribution in [-0.2, 0) is 21.4 Å². The predicted molar refractivity (Wildman–Crippen MR) is 110 cm³/mol. The van der Waals surface area contributed by atoms with E-state index in [4.69, 9.17) is 32.7 Å². The van der Waals surface area contributed by atoms with Crippen molar-refractivity contribution in [3.05, 3.63) is 52.0 Å². The SMILES string of the molecule is COc1ccc(CNC(=O)CN(c2cccc(Cl)c2Cl)S(C)(=O)=O)cc1OC. The first kappa shape index (κ1) is 22.1. The minimum atomic E-state index is -3.76. The van der Waals surface area contributed by atoms with Gasteiger partial charge in [0.25, 0.3) is 0 Å². The van der Waals surface area contributed by atoms with Crippen LogP contribution in [0.25, 0.3) is 0 Å². The summed E-state index contributed by atoms with van der Waals surface area (Å²) < 4.78 is 35.6. The molecule has 0 aliphatic heterocycles. The molecule has 0 aromatic heterocycles. The third-order valence-electron chi connectivity index (χ3n) is 3.83. The fourth-order valence-corrected chi connectivity index (χ4v) is 3.75. The van der Waals surface area contributed by atoms with E-state index in [0.29, 0.717) is 11.5 Å². The Kier molecular flexibility index (Phi) is 7.40. The Hall–Kier alpha value is -2.16. The largest absolute Gasteiger partial charge is 0.493 e. The van der Waals surface area contributed by atoms with Crippen molar-refractivity contribution in [1.82, 2.24) is 5.32 Å². The second-order valence-corrected chi connectivity index (χ2v) is 8.50. The van der Waals surface area contributed by atoms with Crippen molar-refractivity contribution in [2.45, 2.75) is 6.54 Å². The molecule has 0 aliphatic carbocycles. The Morgan fingerprint density at radius 3 is 2.39 bits per heavy atom. The Bertz CT molecular complexity index is 966. The lowest BCUT2D eigenvalue weighted by atomic mass is 10.2. The third kappa shape index (κ3) is 5.43. The fourth-order valence-electron chi connectivity index (χ4n) is 2.44. The van der Waals surface area contributed by atoms with Crippen LogP contribution in [0, 0.1) is 0 Å². The van der Waals surface area contributed by atoms with Crippen LogP contribution >= 0.6 is 23.2 Å². The molecule has 0 radical (unpaired) electrons. The topological polar surface area (TPSA) is 84.9 Å². The van der Waals surface area contributed by atoms with Crippen molar-refractivity contribution in [1.29, 1.82) is 0 Å². The van der Waals surface area contributed by atoms with Gasteiger partial charge in [0.1, 0.15) is 6.54 Å². The molecule has 2 aromatic carbocycles. The molecule has 2 aromatic rings. The first-order chi connectivity index (χ1) is 13.2. The average molecular weight is 447 g/mol. The van der Waals surface area contributed by atoms with Gasteiger partial charge in [0.15, 0.2) is 11.5 Å². The van der Waals surface area contributed by atoms with Crippen LogP contribution in [-0.4, -0.2) is 41.3 Å². The molecule has 2 rings (SSSR count). The number of carbonyl (C=O) groups excluding carboxylic acids is 1. The molecule has 0 saturated heterocycles. The smallest absolute Gasteiger partial charge is 0.241 e. The van der Waals surface area contributed by atoms with Gasteiger partial charge in [0.2, 0.25) is 15.9 Å². The second kappa shape index (κ2) is 9.36. The standard InChI is InChI=1S/C18H20Cl2N2O5S/c1-26-15-8-7-12(9-16(15)27-2)10-21-17(23)11-22(28(3,24)25)14-6-4-5-13(19)18(14)20/h4-9H,10-11H2,1-3H3,(H,21,23). The van der Waals surface area contributed by atoms with Gasteiger partial charge in [-0.3, -0.25) is 9.10 Å². The molecule has 28 heavy (non-hydrogen) atoms. The van der Waals surface area contributed by atoms with Crippen molar-refractivity contribution < 1.29 is 22.7 Å². The average Bonchev–Trinajstić information content (AvgIpc) is 2.65. The molecule has 1 N–H and O–H groups in total. The summed E-state index contributed by atoms with van der Waals surface area (Å²) in [7, 11) is -0.721. The molecule has 1 amide bonds. The maximum Gasteiger partial charge on any atom is 0.241 e. The molecule has 0 spiro atoms. The van der Waals surface area contributed by atoms with E-state index >= 15 is 0 Å². The first-order valence-electron chi connectivity index (χ1n) is 8.06. The highest BCUT2D eigenvalue weighted by molar-refractivity contribution is 7.92. The highest BCUT2D eigenvalue weighted by atomic mass is 35.5. The van der Waals surface area contributed by atoms with Crippen molar-refractivity contribution >= 4 is 44.8 Å². The van der Waals surface area contributed by atoms with E-state index < -0.39 is 22.5 Å². The van der Waals surface area contributed by atoms with Crippen LogP contribution in [0.1, 0.15) is 5.56 Å². The summed E-state index contributed by atoms with van der Waals surface area (Å²) in [4.78, 5) is 12.4. The summed E-state index contributed by atoms with van der Waals surface area (Å²) in [6, 6.07) is 9.78. The number of halogens is 2. The number of nitrogens with one attached hydrogen (secondary N) is 1. The van der Waals surface area contributed by atoms with Gasteiger partial charge in [-0.15, -0.1) is 0 Å². The van der Waals surface area contributed by atoms with Crippen LogP contribution in [0.2, 0.25) is 10.0 Å². The Labute approximate surface area is 174 Å². The summed E-state index contributed by atoms with van der Waals surface area (Å²) in [5.41, 5.74) is 0.899. The van der Waals surface area contributed by atoms with E-state index in [1.54, 1.807) is 24.3 Å².